The molecule has 1 N–H and O–H groups in total. The van der Waals surface area contributed by atoms with Crippen LogP contribution in [0.1, 0.15) is 37.0 Å². The number of thioether (sulfide) groups is 1. The lowest BCUT2D eigenvalue weighted by Gasteiger charge is -2.24. The molecule has 96 valence electrons. The molecule has 0 unspecified atom stereocenters. The second-order valence-corrected chi connectivity index (χ2v) is 4.96. The topological polar surface area (TPSA) is 52.9 Å². The summed E-state index contributed by atoms with van der Waals surface area (Å²) in [6.07, 6.45) is 3.20. The van der Waals surface area contributed by atoms with Crippen LogP contribution in [0.15, 0.2) is 29.2 Å². The Kier molecular flexibility index (Phi) is 5.24. The van der Waals surface area contributed by atoms with E-state index in [4.69, 9.17) is 0 Å². The zero-order valence-electron chi connectivity index (χ0n) is 11.0. The number of nitriles is 1. The van der Waals surface area contributed by atoms with Crippen molar-refractivity contribution in [2.45, 2.75) is 37.1 Å². The molecule has 0 saturated carbocycles. The number of carbonyl (C=O) groups is 1. The Balaban J connectivity index is 2.84. The lowest BCUT2D eigenvalue weighted by molar-refractivity contribution is 0.0915. The third-order valence-corrected chi connectivity index (χ3v) is 3.87. The van der Waals surface area contributed by atoms with Crippen molar-refractivity contribution in [3.8, 4) is 6.07 Å². The first-order chi connectivity index (χ1) is 8.60. The molecule has 3 nitrogen and oxygen atoms in total. The van der Waals surface area contributed by atoms with E-state index in [-0.39, 0.29) is 5.91 Å². The molecule has 0 spiro atoms. The molecular formula is C14H18N2OS. The molecule has 1 aromatic rings. The highest BCUT2D eigenvalue weighted by Gasteiger charge is 2.27. The molecule has 0 aliphatic heterocycles. The van der Waals surface area contributed by atoms with E-state index < -0.39 is 5.54 Å². The summed E-state index contributed by atoms with van der Waals surface area (Å²) in [5, 5.41) is 12.0. The minimum absolute atomic E-state index is 0.187. The van der Waals surface area contributed by atoms with Crippen LogP contribution in [0.25, 0.3) is 0 Å². The van der Waals surface area contributed by atoms with Crippen LogP contribution in [0, 0.1) is 11.3 Å². The Bertz CT molecular complexity index is 444. The normalized spacial score (nSPS) is 10.8. The van der Waals surface area contributed by atoms with Gasteiger partial charge in [-0.1, -0.05) is 13.8 Å². The van der Waals surface area contributed by atoms with Crippen LogP contribution in [0.3, 0.4) is 0 Å². The monoisotopic (exact) mass is 262 g/mol. The smallest absolute Gasteiger partial charge is 0.252 e. The molecule has 0 fully saturated rings. The highest BCUT2D eigenvalue weighted by molar-refractivity contribution is 7.98. The maximum absolute atomic E-state index is 12.1. The fourth-order valence-corrected chi connectivity index (χ4v) is 2.05. The summed E-state index contributed by atoms with van der Waals surface area (Å²) in [7, 11) is 0. The van der Waals surface area contributed by atoms with E-state index in [1.54, 1.807) is 23.9 Å². The van der Waals surface area contributed by atoms with Crippen molar-refractivity contribution in [2.24, 2.45) is 0 Å². The van der Waals surface area contributed by atoms with E-state index in [2.05, 4.69) is 11.4 Å². The second-order valence-electron chi connectivity index (χ2n) is 4.08. The van der Waals surface area contributed by atoms with Gasteiger partial charge >= 0.3 is 0 Å². The van der Waals surface area contributed by atoms with Crippen molar-refractivity contribution in [1.82, 2.24) is 5.32 Å². The van der Waals surface area contributed by atoms with Crippen LogP contribution in [0.4, 0.5) is 0 Å². The van der Waals surface area contributed by atoms with Crippen molar-refractivity contribution in [2.75, 3.05) is 6.26 Å². The summed E-state index contributed by atoms with van der Waals surface area (Å²) in [5.41, 5.74) is -0.163. The van der Waals surface area contributed by atoms with Crippen molar-refractivity contribution in [3.63, 3.8) is 0 Å². The number of carbonyl (C=O) groups excluding carboxylic acids is 1. The number of hydrogen-bond acceptors (Lipinski definition) is 3. The molecule has 0 aromatic heterocycles. The number of rotatable bonds is 5. The van der Waals surface area contributed by atoms with Crippen molar-refractivity contribution < 1.29 is 4.79 Å². The molecule has 0 bridgehead atoms. The molecule has 4 heteroatoms. The fourth-order valence-electron chi connectivity index (χ4n) is 1.64. The number of benzene rings is 1. The minimum atomic E-state index is -0.755. The Labute approximate surface area is 113 Å². The molecule has 0 aliphatic carbocycles. The summed E-state index contributed by atoms with van der Waals surface area (Å²) in [6, 6.07) is 9.59. The van der Waals surface area contributed by atoms with Crippen LogP contribution < -0.4 is 5.32 Å². The number of nitrogens with one attached hydrogen (secondary N) is 1. The first-order valence-electron chi connectivity index (χ1n) is 5.98. The van der Waals surface area contributed by atoms with Gasteiger partial charge in [0.2, 0.25) is 0 Å². The van der Waals surface area contributed by atoms with Gasteiger partial charge in [0.05, 0.1) is 6.07 Å². The van der Waals surface area contributed by atoms with Gasteiger partial charge in [0.25, 0.3) is 5.91 Å². The maximum Gasteiger partial charge on any atom is 0.252 e. The summed E-state index contributed by atoms with van der Waals surface area (Å²) < 4.78 is 0. The lowest BCUT2D eigenvalue weighted by atomic mass is 9.94. The fraction of sp³-hybridized carbons (Fsp3) is 0.429. The van der Waals surface area contributed by atoms with Gasteiger partial charge < -0.3 is 5.32 Å². The first kappa shape index (κ1) is 14.6. The van der Waals surface area contributed by atoms with E-state index >= 15 is 0 Å². The van der Waals surface area contributed by atoms with Crippen LogP contribution >= 0.6 is 11.8 Å². The van der Waals surface area contributed by atoms with E-state index in [0.29, 0.717) is 18.4 Å². The van der Waals surface area contributed by atoms with Gasteiger partial charge in [-0.15, -0.1) is 11.8 Å². The van der Waals surface area contributed by atoms with Gasteiger partial charge in [-0.05, 0) is 43.4 Å². The highest BCUT2D eigenvalue weighted by atomic mass is 32.2. The van der Waals surface area contributed by atoms with Crippen LogP contribution in [0.5, 0.6) is 0 Å². The molecule has 0 aliphatic rings. The first-order valence-corrected chi connectivity index (χ1v) is 7.21. The Hall–Kier alpha value is -1.47. The average molecular weight is 262 g/mol. The number of nitrogens with zero attached hydrogens (tertiary/aromatic N) is 1. The quantitative estimate of drug-likeness (QED) is 0.829. The maximum atomic E-state index is 12.1. The summed E-state index contributed by atoms with van der Waals surface area (Å²) in [5.74, 6) is -0.187. The van der Waals surface area contributed by atoms with Gasteiger partial charge in [-0.2, -0.15) is 5.26 Å². The summed E-state index contributed by atoms with van der Waals surface area (Å²) in [4.78, 5) is 13.2. The van der Waals surface area contributed by atoms with E-state index in [1.165, 1.54) is 0 Å². The van der Waals surface area contributed by atoms with Gasteiger partial charge in [0.15, 0.2) is 0 Å². The number of amides is 1. The zero-order chi connectivity index (χ0) is 13.6. The molecule has 0 radical (unpaired) electrons. The Morgan fingerprint density at radius 3 is 2.28 bits per heavy atom. The third kappa shape index (κ3) is 3.27. The zero-order valence-corrected chi connectivity index (χ0v) is 11.8. The largest absolute Gasteiger partial charge is 0.334 e. The van der Waals surface area contributed by atoms with E-state index in [9.17, 15) is 10.1 Å². The van der Waals surface area contributed by atoms with E-state index in [0.717, 1.165) is 4.90 Å². The molecule has 1 rings (SSSR count). The average Bonchev–Trinajstić information content (AvgIpc) is 2.45. The molecule has 18 heavy (non-hydrogen) atoms. The van der Waals surface area contributed by atoms with Crippen LogP contribution in [-0.2, 0) is 0 Å². The van der Waals surface area contributed by atoms with Gasteiger partial charge in [0.1, 0.15) is 5.54 Å². The predicted molar refractivity (Wildman–Crippen MR) is 74.6 cm³/mol. The lowest BCUT2D eigenvalue weighted by Crippen LogP contribution is -2.46. The molecule has 1 amide bonds. The Morgan fingerprint density at radius 2 is 1.89 bits per heavy atom. The standard InChI is InChI=1S/C14H18N2OS/c1-4-14(5-2,10-15)16-13(17)11-6-8-12(18-3)9-7-11/h6-9H,4-5H2,1-3H3,(H,16,17). The van der Waals surface area contributed by atoms with Crippen LogP contribution in [-0.4, -0.2) is 17.7 Å². The summed E-state index contributed by atoms with van der Waals surface area (Å²) >= 11 is 1.63. The van der Waals surface area contributed by atoms with Gasteiger partial charge in [-0.3, -0.25) is 4.79 Å². The van der Waals surface area contributed by atoms with Crippen LogP contribution in [0.2, 0.25) is 0 Å². The molecule has 0 atom stereocenters. The summed E-state index contributed by atoms with van der Waals surface area (Å²) in [6.45, 7) is 3.81. The molecular weight excluding hydrogens is 244 g/mol. The molecule has 1 aromatic carbocycles. The van der Waals surface area contributed by atoms with E-state index in [1.807, 2.05) is 32.2 Å². The molecule has 0 saturated heterocycles. The van der Waals surface area contributed by atoms with Gasteiger partial charge in [0, 0.05) is 10.5 Å². The predicted octanol–water partition coefficient (Wildman–Crippen LogP) is 3.22. The van der Waals surface area contributed by atoms with Gasteiger partial charge in [-0.25, -0.2) is 0 Å². The highest BCUT2D eigenvalue weighted by Crippen LogP contribution is 2.17. The minimum Gasteiger partial charge on any atom is -0.334 e. The van der Waals surface area contributed by atoms with Crippen molar-refractivity contribution >= 4 is 17.7 Å². The Morgan fingerprint density at radius 1 is 1.33 bits per heavy atom. The van der Waals surface area contributed by atoms with Crippen molar-refractivity contribution in [3.05, 3.63) is 29.8 Å². The molecule has 0 heterocycles. The number of hydrogen-bond donors (Lipinski definition) is 1. The SMILES string of the molecule is CCC(C#N)(CC)NC(=O)c1ccc(SC)cc1. The second kappa shape index (κ2) is 6.46. The van der Waals surface area contributed by atoms with Crippen molar-refractivity contribution in [1.29, 1.82) is 5.26 Å². The third-order valence-electron chi connectivity index (χ3n) is 3.13.